The summed E-state index contributed by atoms with van der Waals surface area (Å²) in [4.78, 5) is 11.6. The number of carboxylic acid groups (broad SMARTS) is 1. The van der Waals surface area contributed by atoms with Gasteiger partial charge in [0.05, 0.1) is 19.4 Å². The van der Waals surface area contributed by atoms with Crippen LogP contribution in [0.25, 0.3) is 0 Å². The normalized spacial score (nSPS) is 11.6. The molecule has 0 aromatic carbocycles. The maximum Gasteiger partial charge on any atom is 0.345 e. The van der Waals surface area contributed by atoms with Crippen LogP contribution in [0.1, 0.15) is 28.4 Å². The Bertz CT molecular complexity index is 418. The van der Waals surface area contributed by atoms with E-state index in [9.17, 15) is 9.36 Å². The van der Waals surface area contributed by atoms with Gasteiger partial charge in [-0.1, -0.05) is 0 Å². The Hall–Kier alpha value is -0.680. The molecule has 0 fully saturated rings. The molecule has 1 rings (SSSR count). The molecule has 0 atom stereocenters. The van der Waals surface area contributed by atoms with E-state index in [-0.39, 0.29) is 11.0 Å². The lowest BCUT2D eigenvalue weighted by molar-refractivity contribution is 0.0702. The quantitative estimate of drug-likeness (QED) is 0.775. The smallest absolute Gasteiger partial charge is 0.345 e. The number of aromatic carboxylic acids is 1. The Morgan fingerprint density at radius 3 is 2.35 bits per heavy atom. The van der Waals surface area contributed by atoms with Crippen molar-refractivity contribution in [3.63, 3.8) is 0 Å². The summed E-state index contributed by atoms with van der Waals surface area (Å²) in [6, 6.07) is 3.13. The first-order chi connectivity index (χ1) is 8.00. The molecular weight excluding hydrogens is 263 g/mol. The fourth-order valence-electron chi connectivity index (χ4n) is 1.29. The van der Waals surface area contributed by atoms with Gasteiger partial charge in [-0.15, -0.1) is 11.3 Å². The maximum atomic E-state index is 12.2. The van der Waals surface area contributed by atoms with Crippen molar-refractivity contribution in [2.75, 3.05) is 13.2 Å². The van der Waals surface area contributed by atoms with E-state index in [1.807, 2.05) is 0 Å². The Balaban J connectivity index is 2.78. The summed E-state index contributed by atoms with van der Waals surface area (Å²) in [5.74, 6) is -0.982. The first kappa shape index (κ1) is 14.4. The minimum absolute atomic E-state index is 0.118. The molecule has 0 saturated carbocycles. The summed E-state index contributed by atoms with van der Waals surface area (Å²) in [5.41, 5.74) is 0. The zero-order valence-electron chi connectivity index (χ0n) is 9.71. The molecule has 0 aliphatic rings. The van der Waals surface area contributed by atoms with E-state index >= 15 is 0 Å². The largest absolute Gasteiger partial charge is 0.477 e. The van der Waals surface area contributed by atoms with Crippen LogP contribution in [0.15, 0.2) is 12.1 Å². The maximum absolute atomic E-state index is 12.2. The molecule has 0 spiro atoms. The molecular formula is C10H15O5PS. The first-order valence-electron chi connectivity index (χ1n) is 5.21. The second-order valence-electron chi connectivity index (χ2n) is 3.18. The molecule has 0 bridgehead atoms. The van der Waals surface area contributed by atoms with Crippen molar-refractivity contribution in [3.05, 3.63) is 21.9 Å². The second kappa shape index (κ2) is 6.31. The molecule has 1 heterocycles. The predicted molar refractivity (Wildman–Crippen MR) is 65.8 cm³/mol. The summed E-state index contributed by atoms with van der Waals surface area (Å²) in [7, 11) is -3.14. The number of hydrogen-bond acceptors (Lipinski definition) is 5. The van der Waals surface area contributed by atoms with Crippen LogP contribution in [0, 0.1) is 0 Å². The SMILES string of the molecule is CCOP(=O)(Cc1ccc(C(=O)O)s1)OCC. The minimum Gasteiger partial charge on any atom is -0.477 e. The van der Waals surface area contributed by atoms with E-state index in [2.05, 4.69) is 0 Å². The topological polar surface area (TPSA) is 72.8 Å². The van der Waals surface area contributed by atoms with E-state index in [0.717, 1.165) is 11.3 Å². The van der Waals surface area contributed by atoms with E-state index in [1.165, 1.54) is 6.07 Å². The molecule has 0 radical (unpaired) electrons. The van der Waals surface area contributed by atoms with Crippen LogP contribution in [0.4, 0.5) is 0 Å². The van der Waals surface area contributed by atoms with Crippen molar-refractivity contribution in [2.45, 2.75) is 20.0 Å². The van der Waals surface area contributed by atoms with Crippen molar-refractivity contribution in [3.8, 4) is 0 Å². The fraction of sp³-hybridized carbons (Fsp3) is 0.500. The van der Waals surface area contributed by atoms with Crippen molar-refractivity contribution >= 4 is 24.9 Å². The minimum atomic E-state index is -3.14. The molecule has 7 heteroatoms. The van der Waals surface area contributed by atoms with Gasteiger partial charge in [0.25, 0.3) is 0 Å². The molecule has 1 N–H and O–H groups in total. The number of thiophene rings is 1. The highest BCUT2D eigenvalue weighted by atomic mass is 32.1. The number of carboxylic acids is 1. The van der Waals surface area contributed by atoms with Crippen LogP contribution in [-0.2, 0) is 19.8 Å². The van der Waals surface area contributed by atoms with E-state index < -0.39 is 13.6 Å². The fourth-order valence-corrected chi connectivity index (χ4v) is 4.20. The van der Waals surface area contributed by atoms with Crippen LogP contribution >= 0.6 is 18.9 Å². The average molecular weight is 278 g/mol. The van der Waals surface area contributed by atoms with Crippen LogP contribution < -0.4 is 0 Å². The Morgan fingerprint density at radius 2 is 1.94 bits per heavy atom. The lowest BCUT2D eigenvalue weighted by atomic mass is 10.4. The van der Waals surface area contributed by atoms with Crippen LogP contribution in [-0.4, -0.2) is 24.3 Å². The standard InChI is InChI=1S/C10H15O5PS/c1-3-14-16(13,15-4-2)7-8-5-6-9(17-8)10(11)12/h5-6H,3-4,7H2,1-2H3,(H,11,12). The molecule has 0 aliphatic heterocycles. The summed E-state index contributed by atoms with van der Waals surface area (Å²) in [6.07, 6.45) is 0.118. The highest BCUT2D eigenvalue weighted by Crippen LogP contribution is 2.52. The molecule has 96 valence electrons. The Kier molecular flexibility index (Phi) is 5.33. The molecule has 1 aromatic rings. The molecule has 17 heavy (non-hydrogen) atoms. The lowest BCUT2D eigenvalue weighted by Gasteiger charge is -2.15. The molecule has 0 saturated heterocycles. The highest BCUT2D eigenvalue weighted by molar-refractivity contribution is 7.53. The molecule has 0 unspecified atom stereocenters. The summed E-state index contributed by atoms with van der Waals surface area (Å²) < 4.78 is 22.4. The van der Waals surface area contributed by atoms with Crippen molar-refractivity contribution in [1.82, 2.24) is 0 Å². The lowest BCUT2D eigenvalue weighted by Crippen LogP contribution is -1.97. The van der Waals surface area contributed by atoms with Gasteiger partial charge in [0.2, 0.25) is 0 Å². The summed E-state index contributed by atoms with van der Waals surface area (Å²) in [5, 5.41) is 8.78. The number of hydrogen-bond donors (Lipinski definition) is 1. The van der Waals surface area contributed by atoms with Gasteiger partial charge < -0.3 is 14.2 Å². The van der Waals surface area contributed by atoms with E-state index in [0.29, 0.717) is 18.1 Å². The Morgan fingerprint density at radius 1 is 1.35 bits per heavy atom. The molecule has 1 aromatic heterocycles. The third-order valence-corrected chi connectivity index (χ3v) is 5.19. The van der Waals surface area contributed by atoms with Crippen molar-refractivity contribution < 1.29 is 23.5 Å². The third-order valence-electron chi connectivity index (χ3n) is 1.87. The Labute approximate surface area is 104 Å². The van der Waals surface area contributed by atoms with Gasteiger partial charge in [-0.05, 0) is 26.0 Å². The van der Waals surface area contributed by atoms with Gasteiger partial charge in [0.1, 0.15) is 4.88 Å². The molecule has 0 amide bonds. The highest BCUT2D eigenvalue weighted by Gasteiger charge is 2.25. The first-order valence-corrected chi connectivity index (χ1v) is 7.75. The second-order valence-corrected chi connectivity index (χ2v) is 6.40. The predicted octanol–water partition coefficient (Wildman–Crippen LogP) is 3.21. The zero-order chi connectivity index (χ0) is 12.9. The van der Waals surface area contributed by atoms with Gasteiger partial charge in [-0.3, -0.25) is 4.57 Å². The van der Waals surface area contributed by atoms with Gasteiger partial charge in [-0.25, -0.2) is 4.79 Å². The number of carbonyl (C=O) groups is 1. The van der Waals surface area contributed by atoms with Crippen LogP contribution in [0.5, 0.6) is 0 Å². The zero-order valence-corrected chi connectivity index (χ0v) is 11.4. The average Bonchev–Trinajstić information content (AvgIpc) is 2.66. The summed E-state index contributed by atoms with van der Waals surface area (Å²) >= 11 is 1.09. The van der Waals surface area contributed by atoms with Crippen LogP contribution in [0.2, 0.25) is 0 Å². The van der Waals surface area contributed by atoms with E-state index in [4.69, 9.17) is 14.2 Å². The van der Waals surface area contributed by atoms with Crippen LogP contribution in [0.3, 0.4) is 0 Å². The van der Waals surface area contributed by atoms with Gasteiger partial charge in [0, 0.05) is 4.88 Å². The van der Waals surface area contributed by atoms with Gasteiger partial charge in [0.15, 0.2) is 0 Å². The van der Waals surface area contributed by atoms with Gasteiger partial charge in [-0.2, -0.15) is 0 Å². The van der Waals surface area contributed by atoms with Gasteiger partial charge >= 0.3 is 13.6 Å². The molecule has 0 aliphatic carbocycles. The summed E-state index contributed by atoms with van der Waals surface area (Å²) in [6.45, 7) is 4.08. The third kappa shape index (κ3) is 4.24. The monoisotopic (exact) mass is 278 g/mol. The van der Waals surface area contributed by atoms with Crippen molar-refractivity contribution in [2.24, 2.45) is 0 Å². The van der Waals surface area contributed by atoms with E-state index in [1.54, 1.807) is 19.9 Å². The number of rotatable bonds is 7. The van der Waals surface area contributed by atoms with Crippen molar-refractivity contribution in [1.29, 1.82) is 0 Å². The molecule has 5 nitrogen and oxygen atoms in total.